The minimum atomic E-state index is -0.251. The number of nitrogens with one attached hydrogen (secondary N) is 2. The molecular weight excluding hydrogens is 506 g/mol. The number of aromatic nitrogens is 3. The Bertz CT molecular complexity index is 1140. The fourth-order valence-electron chi connectivity index (χ4n) is 3.10. The number of hydrogen-bond acceptors (Lipinski definition) is 6. The van der Waals surface area contributed by atoms with Crippen LogP contribution in [-0.4, -0.2) is 38.9 Å². The average Bonchev–Trinajstić information content (AvgIpc) is 3.12. The quantitative estimate of drug-likeness (QED) is 0.406. The van der Waals surface area contributed by atoms with Gasteiger partial charge in [0.2, 0.25) is 5.91 Å². The molecule has 8 nitrogen and oxygen atoms in total. The van der Waals surface area contributed by atoms with Gasteiger partial charge < -0.3 is 19.9 Å². The molecule has 0 unspecified atom stereocenters. The lowest BCUT2D eigenvalue weighted by molar-refractivity contribution is -0.123. The Kier molecular flexibility index (Phi) is 8.51. The van der Waals surface area contributed by atoms with Crippen molar-refractivity contribution >= 4 is 45.2 Å². The van der Waals surface area contributed by atoms with E-state index in [4.69, 9.17) is 4.74 Å². The van der Waals surface area contributed by atoms with Crippen molar-refractivity contribution in [2.45, 2.75) is 32.5 Å². The summed E-state index contributed by atoms with van der Waals surface area (Å²) < 4.78 is 8.40. The molecule has 2 N–H and O–H groups in total. The van der Waals surface area contributed by atoms with Gasteiger partial charge >= 0.3 is 0 Å². The van der Waals surface area contributed by atoms with Crippen LogP contribution in [0.3, 0.4) is 0 Å². The first-order valence-electron chi connectivity index (χ1n) is 10.3. The van der Waals surface area contributed by atoms with Crippen LogP contribution in [0, 0.1) is 20.8 Å². The number of rotatable bonds is 9. The molecule has 2 aromatic carbocycles. The predicted octanol–water partition coefficient (Wildman–Crippen LogP) is 3.93. The summed E-state index contributed by atoms with van der Waals surface area (Å²) in [6.45, 7) is 5.95. The molecular formula is C23H26BrN5O3S. The van der Waals surface area contributed by atoms with Crippen molar-refractivity contribution in [3.05, 3.63) is 63.4 Å². The summed E-state index contributed by atoms with van der Waals surface area (Å²) in [4.78, 5) is 24.5. The van der Waals surface area contributed by atoms with Crippen LogP contribution in [0.5, 0.6) is 5.75 Å². The summed E-state index contributed by atoms with van der Waals surface area (Å²) >= 11 is 4.69. The molecule has 0 fully saturated rings. The summed E-state index contributed by atoms with van der Waals surface area (Å²) in [6.07, 6.45) is 0. The van der Waals surface area contributed by atoms with E-state index < -0.39 is 0 Å². The molecule has 0 radical (unpaired) electrons. The Morgan fingerprint density at radius 2 is 1.79 bits per heavy atom. The zero-order valence-electron chi connectivity index (χ0n) is 18.9. The third kappa shape index (κ3) is 6.82. The molecule has 0 aliphatic heterocycles. The van der Waals surface area contributed by atoms with Gasteiger partial charge in [-0.1, -0.05) is 45.9 Å². The second-order valence-electron chi connectivity index (χ2n) is 7.54. The SMILES string of the molecule is Cc1cc(Br)ccc1NC(=O)CSc1nnc(CNC(=O)COc2c(C)cccc2C)n1C. The predicted molar refractivity (Wildman–Crippen MR) is 132 cm³/mol. The number of ether oxygens (including phenoxy) is 1. The van der Waals surface area contributed by atoms with E-state index in [1.54, 1.807) is 11.6 Å². The number of anilines is 1. The van der Waals surface area contributed by atoms with Crippen molar-refractivity contribution in [1.82, 2.24) is 20.1 Å². The van der Waals surface area contributed by atoms with E-state index in [-0.39, 0.29) is 30.7 Å². The van der Waals surface area contributed by atoms with Crippen molar-refractivity contribution in [1.29, 1.82) is 0 Å². The van der Waals surface area contributed by atoms with Crippen LogP contribution in [0.25, 0.3) is 0 Å². The van der Waals surface area contributed by atoms with Crippen LogP contribution in [0.1, 0.15) is 22.5 Å². The zero-order valence-corrected chi connectivity index (χ0v) is 21.3. The van der Waals surface area contributed by atoms with Gasteiger partial charge in [-0.2, -0.15) is 0 Å². The van der Waals surface area contributed by atoms with E-state index in [0.717, 1.165) is 32.6 Å². The van der Waals surface area contributed by atoms with Crippen LogP contribution in [0.2, 0.25) is 0 Å². The molecule has 2 amide bonds. The number of hydrogen-bond donors (Lipinski definition) is 2. The van der Waals surface area contributed by atoms with Crippen LogP contribution in [-0.2, 0) is 23.2 Å². The third-order valence-electron chi connectivity index (χ3n) is 4.92. The zero-order chi connectivity index (χ0) is 24.0. The average molecular weight is 532 g/mol. The standard InChI is InChI=1S/C23H26BrN5O3S/c1-14-6-5-7-15(2)22(14)32-12-20(30)25-11-19-27-28-23(29(19)4)33-13-21(31)26-18-9-8-17(24)10-16(18)3/h5-10H,11-13H2,1-4H3,(H,25,30)(H,26,31). The molecule has 33 heavy (non-hydrogen) atoms. The molecule has 10 heteroatoms. The molecule has 0 aliphatic rings. The number of amides is 2. The minimum Gasteiger partial charge on any atom is -0.483 e. The van der Waals surface area contributed by atoms with Crippen LogP contribution < -0.4 is 15.4 Å². The molecule has 1 aromatic heterocycles. The van der Waals surface area contributed by atoms with Crippen molar-refractivity contribution in [2.75, 3.05) is 17.7 Å². The normalized spacial score (nSPS) is 10.7. The van der Waals surface area contributed by atoms with Gasteiger partial charge in [-0.25, -0.2) is 0 Å². The number of carbonyl (C=O) groups excluding carboxylic acids is 2. The fourth-order valence-corrected chi connectivity index (χ4v) is 4.31. The van der Waals surface area contributed by atoms with Crippen molar-refractivity contribution < 1.29 is 14.3 Å². The minimum absolute atomic E-state index is 0.0825. The lowest BCUT2D eigenvalue weighted by Gasteiger charge is -2.12. The first kappa shape index (κ1) is 24.8. The van der Waals surface area contributed by atoms with Crippen LogP contribution in [0.4, 0.5) is 5.69 Å². The smallest absolute Gasteiger partial charge is 0.258 e. The molecule has 3 aromatic rings. The number of thioether (sulfide) groups is 1. The molecule has 1 heterocycles. The second-order valence-corrected chi connectivity index (χ2v) is 9.40. The summed E-state index contributed by atoms with van der Waals surface area (Å²) in [7, 11) is 1.80. The van der Waals surface area contributed by atoms with Gasteiger partial charge in [0.05, 0.1) is 12.3 Å². The van der Waals surface area contributed by atoms with Crippen molar-refractivity contribution in [2.24, 2.45) is 7.05 Å². The molecule has 0 saturated heterocycles. The number of aryl methyl sites for hydroxylation is 3. The maximum absolute atomic E-state index is 12.3. The fraction of sp³-hybridized carbons (Fsp3) is 0.304. The highest BCUT2D eigenvalue weighted by atomic mass is 79.9. The topological polar surface area (TPSA) is 98.1 Å². The third-order valence-corrected chi connectivity index (χ3v) is 6.43. The van der Waals surface area contributed by atoms with Gasteiger partial charge in [0.1, 0.15) is 5.75 Å². The number of nitrogens with zero attached hydrogens (tertiary/aromatic N) is 3. The molecule has 0 saturated carbocycles. The Balaban J connectivity index is 1.47. The molecule has 0 aliphatic carbocycles. The molecule has 0 spiro atoms. The highest BCUT2D eigenvalue weighted by molar-refractivity contribution is 9.10. The molecule has 174 valence electrons. The number of halogens is 1. The van der Waals surface area contributed by atoms with Gasteiger partial charge in [0, 0.05) is 17.2 Å². The van der Waals surface area contributed by atoms with Crippen molar-refractivity contribution in [3.63, 3.8) is 0 Å². The van der Waals surface area contributed by atoms with Crippen LogP contribution >= 0.6 is 27.7 Å². The van der Waals surface area contributed by atoms with E-state index in [1.807, 2.05) is 57.2 Å². The van der Waals surface area contributed by atoms with Crippen molar-refractivity contribution in [3.8, 4) is 5.75 Å². The Labute approximate surface area is 205 Å². The lowest BCUT2D eigenvalue weighted by atomic mass is 10.1. The highest BCUT2D eigenvalue weighted by Gasteiger charge is 2.14. The van der Waals surface area contributed by atoms with E-state index in [0.29, 0.717) is 11.0 Å². The first-order chi connectivity index (χ1) is 15.7. The maximum atomic E-state index is 12.3. The summed E-state index contributed by atoms with van der Waals surface area (Å²) in [5.74, 6) is 1.12. The second kappa shape index (κ2) is 11.3. The lowest BCUT2D eigenvalue weighted by Crippen LogP contribution is -2.29. The number of benzene rings is 2. The van der Waals surface area contributed by atoms with Gasteiger partial charge in [-0.15, -0.1) is 10.2 Å². The molecule has 3 rings (SSSR count). The van der Waals surface area contributed by atoms with Gasteiger partial charge in [-0.05, 0) is 55.7 Å². The molecule has 0 bridgehead atoms. The highest BCUT2D eigenvalue weighted by Crippen LogP contribution is 2.23. The van der Waals surface area contributed by atoms with Gasteiger partial charge in [0.25, 0.3) is 5.91 Å². The van der Waals surface area contributed by atoms with E-state index in [9.17, 15) is 9.59 Å². The monoisotopic (exact) mass is 531 g/mol. The van der Waals surface area contributed by atoms with Crippen LogP contribution in [0.15, 0.2) is 46.0 Å². The van der Waals surface area contributed by atoms with Gasteiger partial charge in [0.15, 0.2) is 17.6 Å². The van der Waals surface area contributed by atoms with Gasteiger partial charge in [-0.3, -0.25) is 9.59 Å². The summed E-state index contributed by atoms with van der Waals surface area (Å²) in [6, 6.07) is 11.5. The Hall–Kier alpha value is -2.85. The molecule has 0 atom stereocenters. The van der Waals surface area contributed by atoms with E-state index in [1.165, 1.54) is 11.8 Å². The first-order valence-corrected chi connectivity index (χ1v) is 12.0. The Morgan fingerprint density at radius 1 is 1.06 bits per heavy atom. The van der Waals surface area contributed by atoms with E-state index >= 15 is 0 Å². The van der Waals surface area contributed by atoms with E-state index in [2.05, 4.69) is 36.8 Å². The summed E-state index contributed by atoms with van der Waals surface area (Å²) in [5.41, 5.74) is 3.71. The number of carbonyl (C=O) groups is 2. The maximum Gasteiger partial charge on any atom is 0.258 e. The Morgan fingerprint density at radius 3 is 2.48 bits per heavy atom. The largest absolute Gasteiger partial charge is 0.483 e. The summed E-state index contributed by atoms with van der Waals surface area (Å²) in [5, 5.41) is 14.5. The number of para-hydroxylation sites is 1.